The first-order valence-electron chi connectivity index (χ1n) is 6.30. The molecule has 0 saturated carbocycles. The van der Waals surface area contributed by atoms with Crippen molar-refractivity contribution in [2.24, 2.45) is 0 Å². The third-order valence-corrected chi connectivity index (χ3v) is 2.38. The van der Waals surface area contributed by atoms with Gasteiger partial charge in [-0.15, -0.1) is 0 Å². The summed E-state index contributed by atoms with van der Waals surface area (Å²) in [5, 5.41) is 8.76. The second kappa shape index (κ2) is 9.26. The lowest BCUT2D eigenvalue weighted by atomic mass is 10.2. The first-order valence-corrected chi connectivity index (χ1v) is 6.30. The van der Waals surface area contributed by atoms with Gasteiger partial charge in [0.1, 0.15) is 18.1 Å². The zero-order chi connectivity index (χ0) is 13.9. The number of ether oxygens (including phenoxy) is 3. The number of benzene rings is 1. The Balaban J connectivity index is 2.64. The molecule has 0 aliphatic heterocycles. The van der Waals surface area contributed by atoms with Gasteiger partial charge in [-0.2, -0.15) is 0 Å². The average molecular weight is 264 g/mol. The van der Waals surface area contributed by atoms with Crippen molar-refractivity contribution in [1.82, 2.24) is 0 Å². The molecular weight excluding hydrogens is 244 g/mol. The van der Waals surface area contributed by atoms with E-state index < -0.39 is 0 Å². The normalized spacial score (nSPS) is 9.63. The molecule has 1 rings (SSSR count). The van der Waals surface area contributed by atoms with Crippen LogP contribution in [0, 0.1) is 11.8 Å². The standard InChI is InChI=1S/C15H20O4/c1-3-18-10-5-11-19-15-8-7-14(17-2)12-13(15)6-4-9-16/h7-8,12,16H,3,5,9-11H2,1-2H3. The van der Waals surface area contributed by atoms with Gasteiger partial charge in [-0.25, -0.2) is 0 Å². The molecule has 0 fully saturated rings. The Bertz CT molecular complexity index is 432. The topological polar surface area (TPSA) is 47.9 Å². The van der Waals surface area contributed by atoms with Gasteiger partial charge in [0.15, 0.2) is 0 Å². The summed E-state index contributed by atoms with van der Waals surface area (Å²) in [4.78, 5) is 0. The van der Waals surface area contributed by atoms with Crippen LogP contribution in [0.4, 0.5) is 0 Å². The van der Waals surface area contributed by atoms with E-state index >= 15 is 0 Å². The SMILES string of the molecule is CCOCCCOc1ccc(OC)cc1C#CCO. The van der Waals surface area contributed by atoms with Crippen LogP contribution in [-0.4, -0.2) is 38.6 Å². The predicted molar refractivity (Wildman–Crippen MR) is 73.6 cm³/mol. The Morgan fingerprint density at radius 3 is 2.79 bits per heavy atom. The van der Waals surface area contributed by atoms with Gasteiger partial charge >= 0.3 is 0 Å². The van der Waals surface area contributed by atoms with E-state index in [2.05, 4.69) is 11.8 Å². The van der Waals surface area contributed by atoms with E-state index in [9.17, 15) is 0 Å². The van der Waals surface area contributed by atoms with Crippen molar-refractivity contribution in [2.45, 2.75) is 13.3 Å². The third kappa shape index (κ3) is 5.64. The van der Waals surface area contributed by atoms with E-state index in [1.807, 2.05) is 19.1 Å². The summed E-state index contributed by atoms with van der Waals surface area (Å²) in [6.45, 7) is 3.76. The van der Waals surface area contributed by atoms with Gasteiger partial charge in [0.2, 0.25) is 0 Å². The van der Waals surface area contributed by atoms with Crippen LogP contribution in [0.25, 0.3) is 0 Å². The molecule has 1 aromatic rings. The highest BCUT2D eigenvalue weighted by molar-refractivity contribution is 5.50. The minimum atomic E-state index is -0.180. The largest absolute Gasteiger partial charge is 0.497 e. The van der Waals surface area contributed by atoms with Crippen LogP contribution in [0.1, 0.15) is 18.9 Å². The molecule has 0 unspecified atom stereocenters. The van der Waals surface area contributed by atoms with Crippen LogP contribution in [0.15, 0.2) is 18.2 Å². The average Bonchev–Trinajstić information content (AvgIpc) is 2.45. The molecule has 0 bridgehead atoms. The summed E-state index contributed by atoms with van der Waals surface area (Å²) in [5.41, 5.74) is 0.713. The van der Waals surface area contributed by atoms with E-state index in [-0.39, 0.29) is 6.61 Å². The van der Waals surface area contributed by atoms with Crippen LogP contribution < -0.4 is 9.47 Å². The van der Waals surface area contributed by atoms with Crippen molar-refractivity contribution >= 4 is 0 Å². The Morgan fingerprint density at radius 1 is 1.26 bits per heavy atom. The lowest BCUT2D eigenvalue weighted by molar-refractivity contribution is 0.131. The summed E-state index contributed by atoms with van der Waals surface area (Å²) >= 11 is 0. The summed E-state index contributed by atoms with van der Waals surface area (Å²) in [6.07, 6.45) is 0.826. The molecule has 0 radical (unpaired) electrons. The maximum absolute atomic E-state index is 8.76. The van der Waals surface area contributed by atoms with Gasteiger partial charge in [-0.1, -0.05) is 11.8 Å². The number of methoxy groups -OCH3 is 1. The van der Waals surface area contributed by atoms with Crippen molar-refractivity contribution in [1.29, 1.82) is 0 Å². The molecule has 4 heteroatoms. The molecule has 4 nitrogen and oxygen atoms in total. The first kappa shape index (κ1) is 15.4. The lowest BCUT2D eigenvalue weighted by Crippen LogP contribution is -2.04. The fourth-order valence-corrected chi connectivity index (χ4v) is 1.48. The minimum Gasteiger partial charge on any atom is -0.497 e. The Hall–Kier alpha value is -1.70. The van der Waals surface area contributed by atoms with E-state index in [0.29, 0.717) is 30.3 Å². The van der Waals surface area contributed by atoms with Gasteiger partial charge in [0.25, 0.3) is 0 Å². The van der Waals surface area contributed by atoms with Crippen LogP contribution in [0.5, 0.6) is 11.5 Å². The van der Waals surface area contributed by atoms with Gasteiger partial charge in [-0.05, 0) is 25.1 Å². The number of rotatable bonds is 7. The maximum atomic E-state index is 8.76. The van der Waals surface area contributed by atoms with E-state index in [0.717, 1.165) is 13.0 Å². The van der Waals surface area contributed by atoms with Crippen LogP contribution in [0.3, 0.4) is 0 Å². The van der Waals surface area contributed by atoms with Gasteiger partial charge in [0.05, 0.1) is 19.3 Å². The summed E-state index contributed by atoms with van der Waals surface area (Å²) in [5.74, 6) is 6.87. The zero-order valence-electron chi connectivity index (χ0n) is 11.4. The molecule has 0 spiro atoms. The highest BCUT2D eigenvalue weighted by atomic mass is 16.5. The molecule has 19 heavy (non-hydrogen) atoms. The van der Waals surface area contributed by atoms with Crippen LogP contribution in [0.2, 0.25) is 0 Å². The Kier molecular flexibility index (Phi) is 7.48. The Morgan fingerprint density at radius 2 is 2.11 bits per heavy atom. The molecule has 104 valence electrons. The smallest absolute Gasteiger partial charge is 0.135 e. The summed E-state index contributed by atoms with van der Waals surface area (Å²) in [6, 6.07) is 5.43. The number of aliphatic hydroxyl groups excluding tert-OH is 1. The molecule has 1 aromatic carbocycles. The second-order valence-corrected chi connectivity index (χ2v) is 3.72. The number of aliphatic hydroxyl groups is 1. The second-order valence-electron chi connectivity index (χ2n) is 3.72. The molecule has 1 N–H and O–H groups in total. The molecule has 0 heterocycles. The number of hydrogen-bond donors (Lipinski definition) is 1. The molecule has 0 aliphatic rings. The van der Waals surface area contributed by atoms with Gasteiger partial charge < -0.3 is 19.3 Å². The maximum Gasteiger partial charge on any atom is 0.135 e. The minimum absolute atomic E-state index is 0.180. The highest BCUT2D eigenvalue weighted by Crippen LogP contribution is 2.23. The molecule has 0 aliphatic carbocycles. The molecule has 0 amide bonds. The fourth-order valence-electron chi connectivity index (χ4n) is 1.48. The summed E-state index contributed by atoms with van der Waals surface area (Å²) in [7, 11) is 1.60. The number of hydrogen-bond acceptors (Lipinski definition) is 4. The van der Waals surface area contributed by atoms with Crippen molar-refractivity contribution in [3.63, 3.8) is 0 Å². The highest BCUT2D eigenvalue weighted by Gasteiger charge is 2.03. The van der Waals surface area contributed by atoms with E-state index in [1.54, 1.807) is 13.2 Å². The Labute approximate surface area is 114 Å². The van der Waals surface area contributed by atoms with Gasteiger partial charge in [0, 0.05) is 19.6 Å². The van der Waals surface area contributed by atoms with Crippen molar-refractivity contribution < 1.29 is 19.3 Å². The zero-order valence-corrected chi connectivity index (χ0v) is 11.4. The molecule has 0 aromatic heterocycles. The van der Waals surface area contributed by atoms with Crippen molar-refractivity contribution in [3.8, 4) is 23.3 Å². The fraction of sp³-hybridized carbons (Fsp3) is 0.467. The quantitative estimate of drug-likeness (QED) is 0.603. The molecule has 0 saturated heterocycles. The third-order valence-electron chi connectivity index (χ3n) is 2.38. The summed E-state index contributed by atoms with van der Waals surface area (Å²) < 4.78 is 16.0. The van der Waals surface area contributed by atoms with Crippen LogP contribution in [-0.2, 0) is 4.74 Å². The molecule has 0 atom stereocenters. The van der Waals surface area contributed by atoms with Crippen LogP contribution >= 0.6 is 0 Å². The van der Waals surface area contributed by atoms with E-state index in [1.165, 1.54) is 0 Å². The van der Waals surface area contributed by atoms with Crippen molar-refractivity contribution in [3.05, 3.63) is 23.8 Å². The lowest BCUT2D eigenvalue weighted by Gasteiger charge is -2.09. The predicted octanol–water partition coefficient (Wildman–Crippen LogP) is 1.84. The van der Waals surface area contributed by atoms with Crippen molar-refractivity contribution in [2.75, 3.05) is 33.5 Å². The monoisotopic (exact) mass is 264 g/mol. The van der Waals surface area contributed by atoms with E-state index in [4.69, 9.17) is 19.3 Å². The first-order chi connectivity index (χ1) is 9.31. The van der Waals surface area contributed by atoms with Gasteiger partial charge in [-0.3, -0.25) is 0 Å². The molecular formula is C15H20O4.